The van der Waals surface area contributed by atoms with Crippen LogP contribution >= 0.6 is 10.7 Å². The lowest BCUT2D eigenvalue weighted by Crippen LogP contribution is -2.26. The molecule has 0 spiro atoms. The Balaban J connectivity index is 3.51. The SMILES string of the molecule is CCc1nnc(S(=O)(=O)Cl)n1C(C)(C)C. The van der Waals surface area contributed by atoms with Crippen LogP contribution < -0.4 is 0 Å². The van der Waals surface area contributed by atoms with E-state index in [4.69, 9.17) is 10.7 Å². The van der Waals surface area contributed by atoms with Crippen LogP contribution in [0, 0.1) is 0 Å². The first-order valence-corrected chi connectivity index (χ1v) is 6.88. The van der Waals surface area contributed by atoms with Crippen LogP contribution in [0.5, 0.6) is 0 Å². The van der Waals surface area contributed by atoms with Crippen LogP contribution in [0.4, 0.5) is 0 Å². The number of aryl methyl sites for hydroxylation is 1. The van der Waals surface area contributed by atoms with Gasteiger partial charge in [-0.15, -0.1) is 10.2 Å². The Morgan fingerprint density at radius 2 is 1.87 bits per heavy atom. The molecule has 1 aromatic heterocycles. The Bertz CT molecular complexity index is 459. The van der Waals surface area contributed by atoms with Gasteiger partial charge in [0.2, 0.25) is 0 Å². The summed E-state index contributed by atoms with van der Waals surface area (Å²) in [6.45, 7) is 7.51. The summed E-state index contributed by atoms with van der Waals surface area (Å²) in [5.41, 5.74) is -0.411. The van der Waals surface area contributed by atoms with E-state index in [9.17, 15) is 8.42 Å². The van der Waals surface area contributed by atoms with Gasteiger partial charge in [-0.05, 0) is 20.8 Å². The standard InChI is InChI=1S/C8H14ClN3O2S/c1-5-6-10-11-7(15(9,13)14)12(6)8(2,3)4/h5H2,1-4H3. The smallest absolute Gasteiger partial charge is 0.295 e. The zero-order valence-electron chi connectivity index (χ0n) is 9.15. The molecule has 0 fully saturated rings. The van der Waals surface area contributed by atoms with Gasteiger partial charge in [-0.1, -0.05) is 6.92 Å². The second-order valence-corrected chi connectivity index (χ2v) is 6.66. The fourth-order valence-corrected chi connectivity index (χ4v) is 2.40. The number of hydrogen-bond donors (Lipinski definition) is 0. The molecule has 0 N–H and O–H groups in total. The molecule has 0 atom stereocenters. The van der Waals surface area contributed by atoms with Crippen LogP contribution in [0.15, 0.2) is 5.16 Å². The Labute approximate surface area is 93.9 Å². The van der Waals surface area contributed by atoms with Crippen LogP contribution in [-0.2, 0) is 21.0 Å². The van der Waals surface area contributed by atoms with Crippen LogP contribution in [0.3, 0.4) is 0 Å². The highest BCUT2D eigenvalue weighted by molar-refractivity contribution is 8.13. The molecule has 86 valence electrons. The Hall–Kier alpha value is -0.620. The molecule has 0 saturated carbocycles. The molecule has 0 aliphatic carbocycles. The lowest BCUT2D eigenvalue weighted by atomic mass is 10.1. The summed E-state index contributed by atoms with van der Waals surface area (Å²) in [5.74, 6) is 0.613. The van der Waals surface area contributed by atoms with Gasteiger partial charge in [0, 0.05) is 22.6 Å². The summed E-state index contributed by atoms with van der Waals surface area (Å²) >= 11 is 0. The fraction of sp³-hybridized carbons (Fsp3) is 0.750. The maximum Gasteiger partial charge on any atom is 0.296 e. The highest BCUT2D eigenvalue weighted by Crippen LogP contribution is 2.23. The van der Waals surface area contributed by atoms with Gasteiger partial charge in [0.15, 0.2) is 0 Å². The second kappa shape index (κ2) is 3.75. The zero-order chi connectivity index (χ0) is 11.9. The highest BCUT2D eigenvalue weighted by atomic mass is 35.7. The molecule has 0 aliphatic heterocycles. The van der Waals surface area contributed by atoms with Crippen molar-refractivity contribution in [2.45, 2.75) is 44.8 Å². The number of hydrogen-bond acceptors (Lipinski definition) is 4. The van der Waals surface area contributed by atoms with E-state index in [1.54, 1.807) is 4.57 Å². The summed E-state index contributed by atoms with van der Waals surface area (Å²) in [6.07, 6.45) is 0.608. The first kappa shape index (κ1) is 12.4. The average molecular weight is 252 g/mol. The van der Waals surface area contributed by atoms with Crippen molar-refractivity contribution in [3.8, 4) is 0 Å². The predicted molar refractivity (Wildman–Crippen MR) is 57.4 cm³/mol. The topological polar surface area (TPSA) is 64.8 Å². The van der Waals surface area contributed by atoms with Gasteiger partial charge in [0.1, 0.15) is 5.82 Å². The van der Waals surface area contributed by atoms with E-state index in [0.29, 0.717) is 12.2 Å². The third-order valence-electron chi connectivity index (χ3n) is 1.91. The van der Waals surface area contributed by atoms with E-state index in [0.717, 1.165) is 0 Å². The van der Waals surface area contributed by atoms with Gasteiger partial charge < -0.3 is 0 Å². The van der Waals surface area contributed by atoms with Crippen LogP contribution in [0.2, 0.25) is 0 Å². The summed E-state index contributed by atoms with van der Waals surface area (Å²) in [4.78, 5) is 0. The Morgan fingerprint density at radius 1 is 1.33 bits per heavy atom. The van der Waals surface area contributed by atoms with Crippen molar-refractivity contribution < 1.29 is 8.42 Å². The maximum absolute atomic E-state index is 11.3. The minimum atomic E-state index is -3.84. The summed E-state index contributed by atoms with van der Waals surface area (Å²) in [6, 6.07) is 0. The van der Waals surface area contributed by atoms with Crippen LogP contribution in [0.25, 0.3) is 0 Å². The van der Waals surface area contributed by atoms with Gasteiger partial charge in [0.05, 0.1) is 0 Å². The number of aromatic nitrogens is 3. The monoisotopic (exact) mass is 251 g/mol. The third-order valence-corrected chi connectivity index (χ3v) is 3.02. The van der Waals surface area contributed by atoms with Crippen LogP contribution in [-0.4, -0.2) is 23.2 Å². The predicted octanol–water partition coefficient (Wildman–Crippen LogP) is 1.52. The van der Waals surface area contributed by atoms with Crippen molar-refractivity contribution in [1.82, 2.24) is 14.8 Å². The van der Waals surface area contributed by atoms with E-state index in [2.05, 4.69) is 10.2 Å². The van der Waals surface area contributed by atoms with Gasteiger partial charge in [-0.25, -0.2) is 8.42 Å². The van der Waals surface area contributed by atoms with E-state index in [1.165, 1.54) is 0 Å². The molecule has 7 heteroatoms. The first-order valence-electron chi connectivity index (χ1n) is 4.57. The summed E-state index contributed by atoms with van der Waals surface area (Å²) in [5, 5.41) is 7.25. The number of nitrogens with zero attached hydrogens (tertiary/aromatic N) is 3. The van der Waals surface area contributed by atoms with Crippen molar-refractivity contribution in [2.24, 2.45) is 0 Å². The molecule has 0 bridgehead atoms. The molecule has 1 aromatic rings. The molecular formula is C8H14ClN3O2S. The summed E-state index contributed by atoms with van der Waals surface area (Å²) in [7, 11) is 1.44. The van der Waals surface area contributed by atoms with Crippen LogP contribution in [0.1, 0.15) is 33.5 Å². The molecule has 1 heterocycles. The fourth-order valence-electron chi connectivity index (χ4n) is 1.36. The van der Waals surface area contributed by atoms with Crippen molar-refractivity contribution >= 4 is 19.7 Å². The molecule has 0 amide bonds. The molecular weight excluding hydrogens is 238 g/mol. The van der Waals surface area contributed by atoms with Gasteiger partial charge in [-0.2, -0.15) is 0 Å². The maximum atomic E-state index is 11.3. The van der Waals surface area contributed by atoms with Gasteiger partial charge in [-0.3, -0.25) is 4.57 Å². The Kier molecular flexibility index (Phi) is 3.11. The van der Waals surface area contributed by atoms with Gasteiger partial charge in [0.25, 0.3) is 14.2 Å². The molecule has 0 radical (unpaired) electrons. The molecule has 5 nitrogen and oxygen atoms in total. The molecule has 1 rings (SSSR count). The van der Waals surface area contributed by atoms with Crippen molar-refractivity contribution in [3.05, 3.63) is 5.82 Å². The minimum absolute atomic E-state index is 0.187. The molecule has 0 aromatic carbocycles. The third kappa shape index (κ3) is 2.49. The van der Waals surface area contributed by atoms with E-state index in [1.807, 2.05) is 27.7 Å². The molecule has 0 unspecified atom stereocenters. The highest BCUT2D eigenvalue weighted by Gasteiger charge is 2.28. The minimum Gasteiger partial charge on any atom is -0.295 e. The summed E-state index contributed by atoms with van der Waals surface area (Å²) < 4.78 is 24.1. The zero-order valence-corrected chi connectivity index (χ0v) is 10.7. The lowest BCUT2D eigenvalue weighted by molar-refractivity contribution is 0.351. The molecule has 0 saturated heterocycles. The lowest BCUT2D eigenvalue weighted by Gasteiger charge is -2.23. The van der Waals surface area contributed by atoms with E-state index >= 15 is 0 Å². The number of rotatable bonds is 2. The first-order chi connectivity index (χ1) is 6.68. The molecule has 0 aliphatic rings. The van der Waals surface area contributed by atoms with Crippen molar-refractivity contribution in [3.63, 3.8) is 0 Å². The largest absolute Gasteiger partial charge is 0.296 e. The van der Waals surface area contributed by atoms with Crippen molar-refractivity contribution in [1.29, 1.82) is 0 Å². The quantitative estimate of drug-likeness (QED) is 0.748. The van der Waals surface area contributed by atoms with E-state index < -0.39 is 14.6 Å². The second-order valence-electron chi connectivity index (χ2n) is 4.20. The van der Waals surface area contributed by atoms with E-state index in [-0.39, 0.29) is 5.16 Å². The van der Waals surface area contributed by atoms with Gasteiger partial charge >= 0.3 is 0 Å². The molecule has 15 heavy (non-hydrogen) atoms. The van der Waals surface area contributed by atoms with Crippen molar-refractivity contribution in [2.75, 3.05) is 0 Å². The normalized spacial score (nSPS) is 13.1. The Morgan fingerprint density at radius 3 is 2.20 bits per heavy atom. The number of halogens is 1. The average Bonchev–Trinajstić information content (AvgIpc) is 2.44.